The smallest absolute Gasteiger partial charge is 0.233 e. The molecule has 0 aromatic carbocycles. The quantitative estimate of drug-likeness (QED) is 0.212. The van der Waals surface area contributed by atoms with Gasteiger partial charge in [-0.05, 0) is 43.4 Å². The minimum Gasteiger partial charge on any atom is -0.354 e. The molecule has 14 nitrogen and oxygen atoms in total. The highest BCUT2D eigenvalue weighted by molar-refractivity contribution is 6.04. The molecule has 3 heterocycles. The van der Waals surface area contributed by atoms with E-state index in [9.17, 15) is 38.4 Å². The summed E-state index contributed by atoms with van der Waals surface area (Å²) in [6.07, 6.45) is 1.25. The van der Waals surface area contributed by atoms with Gasteiger partial charge in [-0.2, -0.15) is 0 Å². The molecule has 3 aliphatic heterocycles. The van der Waals surface area contributed by atoms with Crippen molar-refractivity contribution in [1.29, 1.82) is 0 Å². The molecule has 0 aromatic heterocycles. The number of rotatable bonds is 15. The van der Waals surface area contributed by atoms with Gasteiger partial charge in [-0.15, -0.1) is 0 Å². The molecule has 1 aliphatic carbocycles. The Hall–Kier alpha value is -4.10. The maximum atomic E-state index is 13.9. The molecule has 8 amide bonds. The van der Waals surface area contributed by atoms with E-state index in [1.165, 1.54) is 9.80 Å². The molecule has 55 heavy (non-hydrogen) atoms. The van der Waals surface area contributed by atoms with Gasteiger partial charge in [0.2, 0.25) is 47.3 Å². The Morgan fingerprint density at radius 1 is 0.618 bits per heavy atom. The van der Waals surface area contributed by atoms with Crippen molar-refractivity contribution in [2.24, 2.45) is 52.3 Å². The minimum atomic E-state index is -1.18. The molecular formula is C41H66N6O8. The monoisotopic (exact) mass is 770 g/mol. The van der Waals surface area contributed by atoms with Gasteiger partial charge in [-0.3, -0.25) is 48.2 Å². The summed E-state index contributed by atoms with van der Waals surface area (Å²) in [5.74, 6) is -3.70. The lowest BCUT2D eigenvalue weighted by molar-refractivity contribution is -0.148. The Labute approximate surface area is 327 Å². The number of hydrogen-bond acceptors (Lipinski definition) is 8. The molecule has 0 aromatic rings. The van der Waals surface area contributed by atoms with Crippen molar-refractivity contribution in [3.63, 3.8) is 0 Å². The summed E-state index contributed by atoms with van der Waals surface area (Å²) >= 11 is 0. The van der Waals surface area contributed by atoms with Crippen LogP contribution < -0.4 is 16.0 Å². The summed E-state index contributed by atoms with van der Waals surface area (Å²) in [5, 5.41) is 8.65. The molecule has 3 saturated heterocycles. The lowest BCUT2D eigenvalue weighted by Crippen LogP contribution is -2.55. The predicted octanol–water partition coefficient (Wildman–Crippen LogP) is 3.25. The van der Waals surface area contributed by atoms with Gasteiger partial charge in [-0.25, -0.2) is 0 Å². The third-order valence-electron chi connectivity index (χ3n) is 11.9. The van der Waals surface area contributed by atoms with Crippen LogP contribution in [-0.2, 0) is 38.4 Å². The average molecular weight is 771 g/mol. The second kappa shape index (κ2) is 18.7. The predicted molar refractivity (Wildman–Crippen MR) is 207 cm³/mol. The van der Waals surface area contributed by atoms with Crippen molar-refractivity contribution < 1.29 is 38.4 Å². The van der Waals surface area contributed by atoms with Gasteiger partial charge in [0.1, 0.15) is 0 Å². The van der Waals surface area contributed by atoms with Gasteiger partial charge in [0.05, 0.1) is 0 Å². The number of carbonyl (C=O) groups is 8. The van der Waals surface area contributed by atoms with Crippen LogP contribution in [0.5, 0.6) is 0 Å². The van der Waals surface area contributed by atoms with Gasteiger partial charge in [0, 0.05) is 92.3 Å². The van der Waals surface area contributed by atoms with Gasteiger partial charge >= 0.3 is 0 Å². The Kier molecular flexibility index (Phi) is 15.4. The summed E-state index contributed by atoms with van der Waals surface area (Å²) in [7, 11) is 0. The van der Waals surface area contributed by atoms with E-state index in [2.05, 4.69) is 22.5 Å². The summed E-state index contributed by atoms with van der Waals surface area (Å²) in [5.41, 5.74) is -1.63. The highest BCUT2D eigenvalue weighted by atomic mass is 16.2. The second-order valence-electron chi connectivity index (χ2n) is 17.2. The van der Waals surface area contributed by atoms with E-state index in [4.69, 9.17) is 0 Å². The lowest BCUT2D eigenvalue weighted by atomic mass is 9.59. The number of nitrogens with zero attached hydrogens (tertiary/aromatic N) is 3. The third kappa shape index (κ3) is 10.2. The first kappa shape index (κ1) is 45.3. The van der Waals surface area contributed by atoms with E-state index in [0.29, 0.717) is 12.1 Å². The Balaban J connectivity index is 0.00000399. The first-order valence-electron chi connectivity index (χ1n) is 20.2. The fourth-order valence-electron chi connectivity index (χ4n) is 8.65. The molecule has 308 valence electrons. The molecule has 6 atom stereocenters. The van der Waals surface area contributed by atoms with E-state index < -0.39 is 28.6 Å². The zero-order valence-corrected chi connectivity index (χ0v) is 34.8. The maximum absolute atomic E-state index is 13.9. The van der Waals surface area contributed by atoms with Crippen LogP contribution in [-0.4, -0.2) is 101 Å². The molecular weight excluding hydrogens is 704 g/mol. The number of allylic oxidation sites excluding steroid dienone is 1. The molecule has 0 bridgehead atoms. The van der Waals surface area contributed by atoms with Crippen LogP contribution in [0.1, 0.15) is 108 Å². The Morgan fingerprint density at radius 3 is 1.33 bits per heavy atom. The number of likely N-dealkylation sites (tertiary alicyclic amines) is 3. The fraction of sp³-hybridized carbons (Fsp3) is 0.756. The molecule has 4 rings (SSSR count). The van der Waals surface area contributed by atoms with Crippen molar-refractivity contribution in [2.45, 2.75) is 108 Å². The van der Waals surface area contributed by atoms with E-state index in [1.807, 2.05) is 55.4 Å². The highest BCUT2D eigenvalue weighted by Gasteiger charge is 2.53. The first-order chi connectivity index (χ1) is 25.7. The molecule has 3 N–H and O–H groups in total. The van der Waals surface area contributed by atoms with Crippen LogP contribution in [0.3, 0.4) is 0 Å². The lowest BCUT2D eigenvalue weighted by Gasteiger charge is -2.45. The van der Waals surface area contributed by atoms with E-state index in [-0.39, 0.29) is 142 Å². The molecule has 4 fully saturated rings. The van der Waals surface area contributed by atoms with Crippen molar-refractivity contribution in [3.05, 3.63) is 12.3 Å². The van der Waals surface area contributed by atoms with Crippen molar-refractivity contribution in [2.75, 3.05) is 39.3 Å². The van der Waals surface area contributed by atoms with E-state index in [0.717, 1.165) is 0 Å². The second-order valence-corrected chi connectivity index (χ2v) is 17.2. The molecule has 3 unspecified atom stereocenters. The number of amides is 8. The number of carbonyl (C=O) groups excluding carboxylic acids is 8. The summed E-state index contributed by atoms with van der Waals surface area (Å²) < 4.78 is 0. The highest BCUT2D eigenvalue weighted by Crippen LogP contribution is 2.49. The van der Waals surface area contributed by atoms with E-state index in [1.54, 1.807) is 18.7 Å². The fourth-order valence-corrected chi connectivity index (χ4v) is 8.65. The Morgan fingerprint density at radius 2 is 0.964 bits per heavy atom. The largest absolute Gasteiger partial charge is 0.354 e. The standard InChI is InChI=1S/C39H60N6O8.C2H6/c1-22(2)27-16-25(7)43(33(27)49)13-11-41-36(52)38(8)19-26(32(48)40-10-14-44-30(46)17-28(23(3)4)34(44)50)20-39(9,21-38)37(53)42-12-15-45-31(47)18-29(24(5)6)35(45)51;1-2/h22-24,26-29H,7,10-21H2,1-6,8-9H3,(H,40,48)(H,41,52)(H,42,53);1-2H3/t26-,27?,28?,29?,38+,39-;/m1./s1. The van der Waals surface area contributed by atoms with Gasteiger partial charge in [-0.1, -0.05) is 75.8 Å². The van der Waals surface area contributed by atoms with Crippen LogP contribution in [0.25, 0.3) is 0 Å². The zero-order chi connectivity index (χ0) is 41.6. The number of imide groups is 2. The van der Waals surface area contributed by atoms with Gasteiger partial charge in [0.15, 0.2) is 0 Å². The molecule has 14 heteroatoms. The third-order valence-corrected chi connectivity index (χ3v) is 11.9. The maximum Gasteiger partial charge on any atom is 0.233 e. The minimum absolute atomic E-state index is 0.0130. The molecule has 0 spiro atoms. The molecule has 4 aliphatic rings. The zero-order valence-electron chi connectivity index (χ0n) is 34.8. The van der Waals surface area contributed by atoms with Crippen molar-refractivity contribution in [3.8, 4) is 0 Å². The average Bonchev–Trinajstić information content (AvgIpc) is 3.69. The van der Waals surface area contributed by atoms with Crippen molar-refractivity contribution in [1.82, 2.24) is 30.7 Å². The number of nitrogens with one attached hydrogen (secondary N) is 3. The number of hydrogen-bond donors (Lipinski definition) is 3. The molecule has 1 saturated carbocycles. The summed E-state index contributed by atoms with van der Waals surface area (Å²) in [6.45, 7) is 23.6. The SMILES string of the molecule is C=C1CC(C(C)C)C(=O)N1CCNC(=O)[C@@]1(C)C[C@@H](C(=O)NCCN2C(=O)CC(C(C)C)C2=O)C[C@@](C)(C(=O)NCCN2C(=O)CC(C(C)C)C2=O)C1.CC. The van der Waals surface area contributed by atoms with E-state index >= 15 is 0 Å². The van der Waals surface area contributed by atoms with Crippen LogP contribution in [0, 0.1) is 52.3 Å². The van der Waals surface area contributed by atoms with Crippen LogP contribution >= 0.6 is 0 Å². The topological polar surface area (TPSA) is 182 Å². The van der Waals surface area contributed by atoms with Crippen LogP contribution in [0.4, 0.5) is 0 Å². The first-order valence-corrected chi connectivity index (χ1v) is 20.2. The normalized spacial score (nSPS) is 28.4. The van der Waals surface area contributed by atoms with Gasteiger partial charge < -0.3 is 20.9 Å². The Bertz CT molecular complexity index is 1450. The molecule has 0 radical (unpaired) electrons. The van der Waals surface area contributed by atoms with Crippen LogP contribution in [0.15, 0.2) is 12.3 Å². The summed E-state index contributed by atoms with van der Waals surface area (Å²) in [6, 6.07) is 0. The van der Waals surface area contributed by atoms with Crippen LogP contribution in [0.2, 0.25) is 0 Å². The van der Waals surface area contributed by atoms with Gasteiger partial charge in [0.25, 0.3) is 0 Å². The summed E-state index contributed by atoms with van der Waals surface area (Å²) in [4.78, 5) is 109. The van der Waals surface area contributed by atoms with Crippen molar-refractivity contribution >= 4 is 47.3 Å².